The first-order valence-corrected chi connectivity index (χ1v) is 5.52. The van der Waals surface area contributed by atoms with Crippen molar-refractivity contribution in [2.75, 3.05) is 6.54 Å². The molecule has 1 aliphatic heterocycles. The van der Waals surface area contributed by atoms with E-state index in [1.807, 2.05) is 0 Å². The Morgan fingerprint density at radius 1 is 1.41 bits per heavy atom. The number of carbonyl (C=O) groups is 1. The zero-order valence-corrected chi connectivity index (χ0v) is 9.17. The summed E-state index contributed by atoms with van der Waals surface area (Å²) in [7, 11) is 0. The van der Waals surface area contributed by atoms with Gasteiger partial charge in [-0.25, -0.2) is 13.6 Å². The van der Waals surface area contributed by atoms with Crippen LogP contribution in [0, 0.1) is 11.6 Å². The Morgan fingerprint density at radius 2 is 2.18 bits per heavy atom. The van der Waals surface area contributed by atoms with Gasteiger partial charge in [-0.3, -0.25) is 0 Å². The lowest BCUT2D eigenvalue weighted by molar-refractivity contribution is 0.0691. The molecule has 1 aromatic rings. The van der Waals surface area contributed by atoms with Crippen LogP contribution in [0.3, 0.4) is 0 Å². The second kappa shape index (κ2) is 4.79. The molecule has 2 N–H and O–H groups in total. The number of nitrogens with one attached hydrogen (secondary N) is 1. The molecule has 1 saturated heterocycles. The molecule has 17 heavy (non-hydrogen) atoms. The van der Waals surface area contributed by atoms with E-state index in [1.54, 1.807) is 0 Å². The largest absolute Gasteiger partial charge is 0.478 e. The fraction of sp³-hybridized carbons (Fsp3) is 0.417. The van der Waals surface area contributed by atoms with E-state index in [9.17, 15) is 13.6 Å². The van der Waals surface area contributed by atoms with E-state index in [0.717, 1.165) is 25.5 Å². The Bertz CT molecular complexity index is 442. The minimum absolute atomic E-state index is 0.150. The molecule has 0 aliphatic carbocycles. The predicted octanol–water partition coefficient (Wildman–Crippen LogP) is 1.96. The van der Waals surface area contributed by atoms with Crippen molar-refractivity contribution in [1.82, 2.24) is 5.32 Å². The van der Waals surface area contributed by atoms with E-state index >= 15 is 0 Å². The van der Waals surface area contributed by atoms with Crippen molar-refractivity contribution < 1.29 is 18.7 Å². The van der Waals surface area contributed by atoms with Crippen molar-refractivity contribution in [1.29, 1.82) is 0 Å². The Kier molecular flexibility index (Phi) is 3.38. The van der Waals surface area contributed by atoms with E-state index < -0.39 is 23.2 Å². The summed E-state index contributed by atoms with van der Waals surface area (Å²) in [5, 5.41) is 12.0. The zero-order valence-electron chi connectivity index (χ0n) is 9.17. The summed E-state index contributed by atoms with van der Waals surface area (Å²) in [6, 6.07) is 1.89. The minimum atomic E-state index is -1.37. The molecule has 92 valence electrons. The molecule has 0 amide bonds. The number of halogens is 2. The van der Waals surface area contributed by atoms with Crippen molar-refractivity contribution in [2.45, 2.75) is 25.3 Å². The molecule has 5 heteroatoms. The topological polar surface area (TPSA) is 49.3 Å². The Hall–Kier alpha value is -1.49. The van der Waals surface area contributed by atoms with Crippen molar-refractivity contribution in [3.8, 4) is 0 Å². The van der Waals surface area contributed by atoms with Crippen molar-refractivity contribution in [3.63, 3.8) is 0 Å². The minimum Gasteiger partial charge on any atom is -0.478 e. The molecular weight excluding hydrogens is 228 g/mol. The van der Waals surface area contributed by atoms with Gasteiger partial charge in [0.1, 0.15) is 11.6 Å². The van der Waals surface area contributed by atoms with Gasteiger partial charge < -0.3 is 10.4 Å². The number of benzene rings is 1. The lowest BCUT2D eigenvalue weighted by Gasteiger charge is -2.11. The van der Waals surface area contributed by atoms with Crippen LogP contribution in [-0.4, -0.2) is 23.7 Å². The summed E-state index contributed by atoms with van der Waals surface area (Å²) >= 11 is 0. The Balaban J connectivity index is 2.26. The van der Waals surface area contributed by atoms with Crippen LogP contribution in [0.15, 0.2) is 12.1 Å². The zero-order chi connectivity index (χ0) is 12.4. The Labute approximate surface area is 97.5 Å². The third-order valence-corrected chi connectivity index (χ3v) is 3.00. The maximum absolute atomic E-state index is 13.5. The summed E-state index contributed by atoms with van der Waals surface area (Å²) in [6.07, 6.45) is 2.35. The molecule has 1 aliphatic rings. The highest BCUT2D eigenvalue weighted by Gasteiger charge is 2.19. The third kappa shape index (κ3) is 2.61. The van der Waals surface area contributed by atoms with Gasteiger partial charge in [0.25, 0.3) is 0 Å². The molecule has 3 nitrogen and oxygen atoms in total. The van der Waals surface area contributed by atoms with E-state index in [-0.39, 0.29) is 11.6 Å². The molecule has 0 aromatic heterocycles. The SMILES string of the molecule is O=C(O)c1cc(CC2CCCN2)c(F)cc1F. The fourth-order valence-electron chi connectivity index (χ4n) is 2.11. The normalized spacial score (nSPS) is 19.5. The second-order valence-electron chi connectivity index (χ2n) is 4.23. The molecule has 2 rings (SSSR count). The molecule has 0 saturated carbocycles. The molecule has 0 spiro atoms. The third-order valence-electron chi connectivity index (χ3n) is 3.00. The molecule has 1 heterocycles. The van der Waals surface area contributed by atoms with Crippen molar-refractivity contribution >= 4 is 5.97 Å². The van der Waals surface area contributed by atoms with Crippen LogP contribution >= 0.6 is 0 Å². The second-order valence-corrected chi connectivity index (χ2v) is 4.23. The fourth-order valence-corrected chi connectivity index (χ4v) is 2.11. The summed E-state index contributed by atoms with van der Waals surface area (Å²) < 4.78 is 26.6. The molecule has 0 radical (unpaired) electrons. The summed E-state index contributed by atoms with van der Waals surface area (Å²) in [4.78, 5) is 10.7. The number of carboxylic acid groups (broad SMARTS) is 1. The molecule has 1 fully saturated rings. The molecule has 1 aromatic carbocycles. The van der Waals surface area contributed by atoms with Crippen LogP contribution in [0.4, 0.5) is 8.78 Å². The van der Waals surface area contributed by atoms with Crippen LogP contribution in [0.5, 0.6) is 0 Å². The van der Waals surface area contributed by atoms with Crippen LogP contribution in [0.2, 0.25) is 0 Å². The summed E-state index contributed by atoms with van der Waals surface area (Å²) in [5.41, 5.74) is -0.220. The van der Waals surface area contributed by atoms with Crippen LogP contribution in [-0.2, 0) is 6.42 Å². The van der Waals surface area contributed by atoms with Gasteiger partial charge >= 0.3 is 5.97 Å². The number of carboxylic acids is 1. The van der Waals surface area contributed by atoms with E-state index in [4.69, 9.17) is 5.11 Å². The van der Waals surface area contributed by atoms with Gasteiger partial charge in [-0.05, 0) is 37.4 Å². The van der Waals surface area contributed by atoms with Crippen LogP contribution in [0.1, 0.15) is 28.8 Å². The monoisotopic (exact) mass is 241 g/mol. The number of hydrogen-bond donors (Lipinski definition) is 2. The molecular formula is C12H13F2NO2. The van der Waals surface area contributed by atoms with Gasteiger partial charge in [-0.15, -0.1) is 0 Å². The lowest BCUT2D eigenvalue weighted by Crippen LogP contribution is -2.24. The van der Waals surface area contributed by atoms with Gasteiger partial charge in [-0.1, -0.05) is 0 Å². The number of hydrogen-bond acceptors (Lipinski definition) is 2. The predicted molar refractivity (Wildman–Crippen MR) is 58.0 cm³/mol. The first-order valence-electron chi connectivity index (χ1n) is 5.52. The maximum atomic E-state index is 13.5. The summed E-state index contributed by atoms with van der Waals surface area (Å²) in [5.74, 6) is -3.08. The molecule has 1 unspecified atom stereocenters. The standard InChI is InChI=1S/C12H13F2NO2/c13-10-6-11(14)9(12(16)17)5-7(10)4-8-2-1-3-15-8/h5-6,8,15H,1-4H2,(H,16,17). The molecule has 1 atom stereocenters. The van der Waals surface area contributed by atoms with Crippen LogP contribution in [0.25, 0.3) is 0 Å². The van der Waals surface area contributed by atoms with Gasteiger partial charge in [0.15, 0.2) is 0 Å². The smallest absolute Gasteiger partial charge is 0.338 e. The lowest BCUT2D eigenvalue weighted by atomic mass is 10.0. The Morgan fingerprint density at radius 3 is 2.76 bits per heavy atom. The average molecular weight is 241 g/mol. The summed E-state index contributed by atoms with van der Waals surface area (Å²) in [6.45, 7) is 0.888. The van der Waals surface area contributed by atoms with Gasteiger partial charge in [-0.2, -0.15) is 0 Å². The first-order chi connectivity index (χ1) is 8.08. The van der Waals surface area contributed by atoms with Gasteiger partial charge in [0.2, 0.25) is 0 Å². The highest BCUT2D eigenvalue weighted by Crippen LogP contribution is 2.19. The van der Waals surface area contributed by atoms with E-state index in [2.05, 4.69) is 5.32 Å². The average Bonchev–Trinajstić information content (AvgIpc) is 2.74. The van der Waals surface area contributed by atoms with E-state index in [1.165, 1.54) is 0 Å². The van der Waals surface area contributed by atoms with Gasteiger partial charge in [0, 0.05) is 12.1 Å². The quantitative estimate of drug-likeness (QED) is 0.850. The van der Waals surface area contributed by atoms with Gasteiger partial charge in [0.05, 0.1) is 5.56 Å². The van der Waals surface area contributed by atoms with Crippen LogP contribution < -0.4 is 5.32 Å². The number of aromatic carboxylic acids is 1. The highest BCUT2D eigenvalue weighted by molar-refractivity contribution is 5.88. The van der Waals surface area contributed by atoms with Crippen molar-refractivity contribution in [3.05, 3.63) is 34.9 Å². The van der Waals surface area contributed by atoms with E-state index in [0.29, 0.717) is 12.5 Å². The first kappa shape index (κ1) is 12.0. The maximum Gasteiger partial charge on any atom is 0.338 e. The highest BCUT2D eigenvalue weighted by atomic mass is 19.1. The molecule has 0 bridgehead atoms. The van der Waals surface area contributed by atoms with Crippen molar-refractivity contribution in [2.24, 2.45) is 0 Å². The number of rotatable bonds is 3.